The smallest absolute Gasteiger partial charge is 0.342 e. The monoisotopic (exact) mass is 482 g/mol. The van der Waals surface area contributed by atoms with Crippen LogP contribution in [0.25, 0.3) is 21.5 Å². The second-order valence-electron chi connectivity index (χ2n) is 6.44. The van der Waals surface area contributed by atoms with E-state index in [0.717, 1.165) is 0 Å². The minimum atomic E-state index is -0.688. The molecule has 0 aromatic heterocycles. The van der Waals surface area contributed by atoms with Crippen LogP contribution < -0.4 is 18.9 Å². The number of benzene rings is 3. The number of carbonyl (C=O) groups is 2. The summed E-state index contributed by atoms with van der Waals surface area (Å²) in [6, 6.07) is 3.20. The van der Waals surface area contributed by atoms with Crippen LogP contribution in [0.3, 0.4) is 0 Å². The lowest BCUT2D eigenvalue weighted by atomic mass is 9.94. The van der Waals surface area contributed by atoms with Gasteiger partial charge in [0.1, 0.15) is 11.1 Å². The van der Waals surface area contributed by atoms with E-state index in [1.165, 1.54) is 42.7 Å². The van der Waals surface area contributed by atoms with Crippen molar-refractivity contribution in [1.82, 2.24) is 0 Å². The van der Waals surface area contributed by atoms with E-state index in [1.54, 1.807) is 12.1 Å². The molecule has 0 fully saturated rings. The Morgan fingerprint density at radius 2 is 0.875 bits per heavy atom. The van der Waals surface area contributed by atoms with Gasteiger partial charge >= 0.3 is 11.9 Å². The van der Waals surface area contributed by atoms with Crippen molar-refractivity contribution < 1.29 is 38.0 Å². The van der Waals surface area contributed by atoms with Gasteiger partial charge in [-0.25, -0.2) is 9.59 Å². The molecule has 32 heavy (non-hydrogen) atoms. The Bertz CT molecular complexity index is 1160. The lowest BCUT2D eigenvalue weighted by Crippen LogP contribution is -2.09. The third-order valence-corrected chi connectivity index (χ3v) is 5.78. The second-order valence-corrected chi connectivity index (χ2v) is 7.19. The largest absolute Gasteiger partial charge is 0.492 e. The van der Waals surface area contributed by atoms with Crippen LogP contribution in [-0.2, 0) is 9.47 Å². The maximum Gasteiger partial charge on any atom is 0.342 e. The Labute approximate surface area is 193 Å². The summed E-state index contributed by atoms with van der Waals surface area (Å²) in [4.78, 5) is 25.4. The molecule has 170 valence electrons. The SMILES string of the molecule is COC(=O)c1c(OC)c(OC)c(Cl)c2cc3c(Cl)c(OC)c(OC)c(C(=O)OC)c3cc12. The Morgan fingerprint density at radius 3 is 1.16 bits per heavy atom. The number of rotatable bonds is 6. The molecule has 10 heteroatoms. The molecule has 0 spiro atoms. The van der Waals surface area contributed by atoms with Crippen LogP contribution in [0, 0.1) is 0 Å². The number of methoxy groups -OCH3 is 6. The fraction of sp³-hybridized carbons (Fsp3) is 0.273. The quantitative estimate of drug-likeness (QED) is 0.361. The summed E-state index contributed by atoms with van der Waals surface area (Å²) in [6.45, 7) is 0. The first-order valence-corrected chi connectivity index (χ1v) is 9.87. The summed E-state index contributed by atoms with van der Waals surface area (Å²) < 4.78 is 31.6. The highest BCUT2D eigenvalue weighted by Crippen LogP contribution is 2.50. The molecule has 3 aromatic rings. The molecule has 0 unspecified atom stereocenters. The Hall–Kier alpha value is -3.10. The predicted molar refractivity (Wildman–Crippen MR) is 120 cm³/mol. The second kappa shape index (κ2) is 9.18. The van der Waals surface area contributed by atoms with Crippen LogP contribution in [-0.4, -0.2) is 54.6 Å². The summed E-state index contributed by atoms with van der Waals surface area (Å²) in [5.41, 5.74) is 0.129. The van der Waals surface area contributed by atoms with E-state index in [2.05, 4.69) is 0 Å². The Balaban J connectivity index is 2.69. The van der Waals surface area contributed by atoms with Crippen LogP contribution in [0.2, 0.25) is 10.0 Å². The highest BCUT2D eigenvalue weighted by molar-refractivity contribution is 6.41. The van der Waals surface area contributed by atoms with Crippen molar-refractivity contribution >= 4 is 56.7 Å². The van der Waals surface area contributed by atoms with E-state index in [-0.39, 0.29) is 44.2 Å². The molecule has 0 N–H and O–H groups in total. The number of ether oxygens (including phenoxy) is 6. The molecule has 0 aliphatic rings. The van der Waals surface area contributed by atoms with Crippen molar-refractivity contribution in [2.75, 3.05) is 42.7 Å². The number of hydrogen-bond donors (Lipinski definition) is 0. The zero-order chi connectivity index (χ0) is 23.7. The fourth-order valence-electron chi connectivity index (χ4n) is 3.66. The third-order valence-electron chi connectivity index (χ3n) is 5.03. The first-order valence-electron chi connectivity index (χ1n) is 9.12. The molecule has 3 rings (SSSR count). The molecule has 0 atom stereocenters. The molecule has 0 saturated carbocycles. The van der Waals surface area contributed by atoms with Crippen molar-refractivity contribution in [3.8, 4) is 23.0 Å². The molecular formula is C22H20Cl2O8. The van der Waals surface area contributed by atoms with E-state index in [4.69, 9.17) is 51.6 Å². The van der Waals surface area contributed by atoms with Crippen LogP contribution in [0.15, 0.2) is 12.1 Å². The summed E-state index contributed by atoms with van der Waals surface area (Å²) in [6.07, 6.45) is 0. The molecular weight excluding hydrogens is 463 g/mol. The van der Waals surface area contributed by atoms with E-state index in [9.17, 15) is 9.59 Å². The fourth-order valence-corrected chi connectivity index (χ4v) is 4.29. The van der Waals surface area contributed by atoms with Gasteiger partial charge in [-0.3, -0.25) is 0 Å². The Morgan fingerprint density at radius 1 is 0.562 bits per heavy atom. The average molecular weight is 483 g/mol. The van der Waals surface area contributed by atoms with Crippen LogP contribution in [0.5, 0.6) is 23.0 Å². The van der Waals surface area contributed by atoms with Gasteiger partial charge in [-0.05, 0) is 12.1 Å². The van der Waals surface area contributed by atoms with Gasteiger partial charge in [-0.1, -0.05) is 23.2 Å². The summed E-state index contributed by atoms with van der Waals surface area (Å²) >= 11 is 13.2. The van der Waals surface area contributed by atoms with Gasteiger partial charge in [-0.15, -0.1) is 0 Å². The Kier molecular flexibility index (Phi) is 6.76. The molecule has 0 bridgehead atoms. The van der Waals surface area contributed by atoms with Gasteiger partial charge in [0.05, 0.1) is 52.7 Å². The third kappa shape index (κ3) is 3.40. The van der Waals surface area contributed by atoms with Crippen LogP contribution in [0.1, 0.15) is 20.7 Å². The van der Waals surface area contributed by atoms with Crippen molar-refractivity contribution in [3.05, 3.63) is 33.3 Å². The summed E-state index contributed by atoms with van der Waals surface area (Å²) in [7, 11) is 8.01. The van der Waals surface area contributed by atoms with Crippen molar-refractivity contribution in [2.45, 2.75) is 0 Å². The minimum Gasteiger partial charge on any atom is -0.492 e. The highest BCUT2D eigenvalue weighted by Gasteiger charge is 2.30. The maximum absolute atomic E-state index is 12.7. The number of esters is 2. The lowest BCUT2D eigenvalue weighted by molar-refractivity contribution is 0.0590. The van der Waals surface area contributed by atoms with Gasteiger partial charge < -0.3 is 28.4 Å². The maximum atomic E-state index is 12.7. The van der Waals surface area contributed by atoms with Gasteiger partial charge in [0.15, 0.2) is 23.0 Å². The number of carbonyl (C=O) groups excluding carboxylic acids is 2. The van der Waals surface area contributed by atoms with Crippen LogP contribution in [0.4, 0.5) is 0 Å². The van der Waals surface area contributed by atoms with Gasteiger partial charge in [0.25, 0.3) is 0 Å². The van der Waals surface area contributed by atoms with Crippen molar-refractivity contribution in [2.24, 2.45) is 0 Å². The molecule has 0 amide bonds. The lowest BCUT2D eigenvalue weighted by Gasteiger charge is -2.20. The molecule has 0 saturated heterocycles. The van der Waals surface area contributed by atoms with E-state index >= 15 is 0 Å². The molecule has 0 radical (unpaired) electrons. The molecule has 0 heterocycles. The van der Waals surface area contributed by atoms with E-state index in [0.29, 0.717) is 21.5 Å². The normalized spacial score (nSPS) is 10.8. The summed E-state index contributed by atoms with van der Waals surface area (Å²) in [5.74, 6) is -0.915. The van der Waals surface area contributed by atoms with Gasteiger partial charge in [-0.2, -0.15) is 0 Å². The van der Waals surface area contributed by atoms with Gasteiger partial charge in [0, 0.05) is 21.5 Å². The number of halogens is 2. The van der Waals surface area contributed by atoms with Crippen molar-refractivity contribution in [1.29, 1.82) is 0 Å². The molecule has 0 aliphatic heterocycles. The first kappa shape index (κ1) is 23.6. The standard InChI is InChI=1S/C22H20Cl2O8/c1-27-17-13(21(25)31-5)9-7-10-12(8-11(9)15(23)19(17)29-3)16(24)20(30-4)18(28-2)14(10)22(26)32-6/h7-8H,1-6H3. The molecule has 8 nitrogen and oxygen atoms in total. The topological polar surface area (TPSA) is 89.5 Å². The zero-order valence-corrected chi connectivity index (χ0v) is 19.7. The molecule has 0 aliphatic carbocycles. The first-order chi connectivity index (χ1) is 15.3. The van der Waals surface area contributed by atoms with Crippen LogP contribution >= 0.6 is 23.2 Å². The van der Waals surface area contributed by atoms with Gasteiger partial charge in [0.2, 0.25) is 0 Å². The zero-order valence-electron chi connectivity index (χ0n) is 18.2. The van der Waals surface area contributed by atoms with E-state index in [1.807, 2.05) is 0 Å². The minimum absolute atomic E-state index is 0.0647. The number of fused-ring (bicyclic) bond motifs is 2. The summed E-state index contributed by atoms with van der Waals surface area (Å²) in [5, 5.41) is 1.89. The number of hydrogen-bond acceptors (Lipinski definition) is 8. The average Bonchev–Trinajstić information content (AvgIpc) is 2.81. The highest BCUT2D eigenvalue weighted by atomic mass is 35.5. The predicted octanol–water partition coefficient (Wildman–Crippen LogP) is 4.91. The van der Waals surface area contributed by atoms with E-state index < -0.39 is 11.9 Å². The molecule has 3 aromatic carbocycles. The van der Waals surface area contributed by atoms with Crippen molar-refractivity contribution in [3.63, 3.8) is 0 Å².